The Balaban J connectivity index is 1.42. The largest absolute Gasteiger partial charge is 0.465 e. The summed E-state index contributed by atoms with van der Waals surface area (Å²) in [5.74, 6) is 2.72. The van der Waals surface area contributed by atoms with Crippen LogP contribution in [0.1, 0.15) is 126 Å². The topological polar surface area (TPSA) is 49.8 Å². The molecule has 0 aromatic rings. The van der Waals surface area contributed by atoms with E-state index in [9.17, 15) is 9.90 Å². The summed E-state index contributed by atoms with van der Waals surface area (Å²) in [5.41, 5.74) is 1.71. The van der Waals surface area contributed by atoms with Crippen LogP contribution in [0, 0.1) is 56.7 Å². The molecule has 5 fully saturated rings. The van der Waals surface area contributed by atoms with Gasteiger partial charge in [-0.05, 0) is 142 Å². The lowest BCUT2D eigenvalue weighted by molar-refractivity contribution is -0.248. The Morgan fingerprint density at radius 1 is 0.878 bits per heavy atom. The number of allylic oxidation sites excluding steroid dienone is 1. The van der Waals surface area contributed by atoms with Crippen molar-refractivity contribution in [2.45, 2.75) is 132 Å². The fourth-order valence-corrected chi connectivity index (χ4v) is 12.6. The van der Waals surface area contributed by atoms with Crippen molar-refractivity contribution in [1.82, 2.24) is 4.90 Å². The maximum Gasteiger partial charge on any atom is 0.312 e. The summed E-state index contributed by atoms with van der Waals surface area (Å²) in [5, 5.41) is 11.0. The first-order chi connectivity index (χ1) is 19.2. The van der Waals surface area contributed by atoms with Crippen LogP contribution in [0.4, 0.5) is 0 Å². The van der Waals surface area contributed by atoms with Gasteiger partial charge in [-0.1, -0.05) is 60.6 Å². The summed E-state index contributed by atoms with van der Waals surface area (Å²) in [7, 11) is 0. The third-order valence-electron chi connectivity index (χ3n) is 15.2. The van der Waals surface area contributed by atoms with Gasteiger partial charge in [0.1, 0.15) is 0 Å². The molecule has 0 radical (unpaired) electrons. The standard InChI is InChI=1S/C37H63NO3/c1-10-38(11-2)23-12-24-41-32(40)37-20-15-26(25(3)4)31(37)27-13-14-29-34(7)18-17-30(39)33(5,6)28(34)16-19-36(29,9)35(27,8)21-22-37/h26-31,39H,3,10-24H2,1-2,4-9H3. The molecule has 0 aromatic heterocycles. The van der Waals surface area contributed by atoms with Gasteiger partial charge in [0.05, 0.1) is 18.1 Å². The van der Waals surface area contributed by atoms with Crippen LogP contribution in [-0.4, -0.2) is 48.3 Å². The number of hydrogen-bond donors (Lipinski definition) is 1. The highest BCUT2D eigenvalue weighted by molar-refractivity contribution is 5.78. The number of aliphatic hydroxyl groups is 1. The SMILES string of the molecule is C=C(C)C1CCC2(C(=O)OCCCN(CC)CC)CCC3(C)C(CCC4C5(C)CCC(O)C(C)(C)C5CCC43C)C12. The van der Waals surface area contributed by atoms with E-state index in [2.05, 4.69) is 66.9 Å². The van der Waals surface area contributed by atoms with Crippen molar-refractivity contribution in [3.05, 3.63) is 12.2 Å². The van der Waals surface area contributed by atoms with Crippen molar-refractivity contribution in [2.24, 2.45) is 56.7 Å². The van der Waals surface area contributed by atoms with Crippen molar-refractivity contribution < 1.29 is 14.6 Å². The number of ether oxygens (including phenoxy) is 1. The van der Waals surface area contributed by atoms with Gasteiger partial charge in [-0.3, -0.25) is 4.79 Å². The van der Waals surface area contributed by atoms with Crippen LogP contribution in [0.15, 0.2) is 12.2 Å². The molecule has 10 atom stereocenters. The second kappa shape index (κ2) is 10.9. The Morgan fingerprint density at radius 3 is 2.24 bits per heavy atom. The molecule has 0 bridgehead atoms. The molecule has 4 nitrogen and oxygen atoms in total. The van der Waals surface area contributed by atoms with E-state index in [4.69, 9.17) is 4.74 Å². The molecule has 0 aromatic carbocycles. The molecule has 234 valence electrons. The quantitative estimate of drug-likeness (QED) is 0.182. The van der Waals surface area contributed by atoms with Crippen molar-refractivity contribution in [3.63, 3.8) is 0 Å². The summed E-state index contributed by atoms with van der Waals surface area (Å²) in [6, 6.07) is 0. The van der Waals surface area contributed by atoms with Gasteiger partial charge in [0.25, 0.3) is 0 Å². The van der Waals surface area contributed by atoms with Crippen molar-refractivity contribution in [2.75, 3.05) is 26.2 Å². The number of fused-ring (bicyclic) bond motifs is 7. The number of rotatable bonds is 8. The Hall–Kier alpha value is -0.870. The van der Waals surface area contributed by atoms with Gasteiger partial charge in [-0.2, -0.15) is 0 Å². The minimum absolute atomic E-state index is 0.0145. The summed E-state index contributed by atoms with van der Waals surface area (Å²) >= 11 is 0. The van der Waals surface area contributed by atoms with Crippen LogP contribution >= 0.6 is 0 Å². The highest BCUT2D eigenvalue weighted by Gasteiger charge is 2.72. The van der Waals surface area contributed by atoms with Gasteiger partial charge >= 0.3 is 5.97 Å². The van der Waals surface area contributed by atoms with E-state index in [0.29, 0.717) is 36.2 Å². The third kappa shape index (κ3) is 4.53. The number of carbonyl (C=O) groups excluding carboxylic acids is 1. The molecule has 0 heterocycles. The van der Waals surface area contributed by atoms with Gasteiger partial charge in [0, 0.05) is 6.54 Å². The van der Waals surface area contributed by atoms with Crippen LogP contribution < -0.4 is 0 Å². The summed E-state index contributed by atoms with van der Waals surface area (Å²) in [6.07, 6.45) is 12.0. The molecule has 5 saturated carbocycles. The second-order valence-corrected chi connectivity index (χ2v) is 16.7. The Kier molecular flexibility index (Phi) is 8.41. The average molecular weight is 570 g/mol. The summed E-state index contributed by atoms with van der Waals surface area (Å²) < 4.78 is 6.20. The maximum atomic E-state index is 14.1. The number of nitrogens with zero attached hydrogens (tertiary/aromatic N) is 1. The van der Waals surface area contributed by atoms with Crippen LogP contribution in [0.3, 0.4) is 0 Å². The lowest BCUT2D eigenvalue weighted by atomic mass is 9.32. The number of hydrogen-bond acceptors (Lipinski definition) is 4. The zero-order chi connectivity index (χ0) is 30.0. The van der Waals surface area contributed by atoms with E-state index in [1.165, 1.54) is 31.3 Å². The normalized spacial score (nSPS) is 46.7. The monoisotopic (exact) mass is 569 g/mol. The maximum absolute atomic E-state index is 14.1. The molecular formula is C37H63NO3. The van der Waals surface area contributed by atoms with E-state index in [1.807, 2.05) is 0 Å². The van der Waals surface area contributed by atoms with E-state index in [-0.39, 0.29) is 39.1 Å². The van der Waals surface area contributed by atoms with Gasteiger partial charge in [0.2, 0.25) is 0 Å². The van der Waals surface area contributed by atoms with Crippen LogP contribution in [-0.2, 0) is 9.53 Å². The molecule has 1 N–H and O–H groups in total. The van der Waals surface area contributed by atoms with E-state index < -0.39 is 0 Å². The number of carbonyl (C=O) groups is 1. The Bertz CT molecular complexity index is 1000. The van der Waals surface area contributed by atoms with Gasteiger partial charge in [0.15, 0.2) is 0 Å². The molecule has 4 heteroatoms. The highest BCUT2D eigenvalue weighted by atomic mass is 16.5. The summed E-state index contributed by atoms with van der Waals surface area (Å²) in [4.78, 5) is 16.6. The average Bonchev–Trinajstić information content (AvgIpc) is 3.33. The smallest absolute Gasteiger partial charge is 0.312 e. The minimum atomic E-state index is -0.329. The second-order valence-electron chi connectivity index (χ2n) is 16.7. The Labute approximate surface area is 252 Å². The fraction of sp³-hybridized carbons (Fsp3) is 0.919. The molecule has 5 aliphatic rings. The minimum Gasteiger partial charge on any atom is -0.465 e. The first kappa shape index (κ1) is 31.6. The van der Waals surface area contributed by atoms with Crippen molar-refractivity contribution in [3.8, 4) is 0 Å². The predicted octanol–water partition coefficient (Wildman–Crippen LogP) is 8.28. The van der Waals surface area contributed by atoms with E-state index in [1.54, 1.807) is 0 Å². The van der Waals surface area contributed by atoms with Crippen molar-refractivity contribution >= 4 is 5.97 Å². The molecular weight excluding hydrogens is 506 g/mol. The molecule has 0 aliphatic heterocycles. The number of aliphatic hydroxyl groups excluding tert-OH is 1. The molecule has 10 unspecified atom stereocenters. The first-order valence-corrected chi connectivity index (χ1v) is 17.5. The number of esters is 1. The third-order valence-corrected chi connectivity index (χ3v) is 15.2. The van der Waals surface area contributed by atoms with Crippen LogP contribution in [0.2, 0.25) is 0 Å². The first-order valence-electron chi connectivity index (χ1n) is 17.5. The fourth-order valence-electron chi connectivity index (χ4n) is 12.6. The van der Waals surface area contributed by atoms with E-state index in [0.717, 1.165) is 64.6 Å². The van der Waals surface area contributed by atoms with Gasteiger partial charge in [-0.25, -0.2) is 0 Å². The highest BCUT2D eigenvalue weighted by Crippen LogP contribution is 2.77. The molecule has 0 saturated heterocycles. The predicted molar refractivity (Wildman–Crippen MR) is 168 cm³/mol. The molecule has 5 rings (SSSR count). The van der Waals surface area contributed by atoms with Crippen LogP contribution in [0.5, 0.6) is 0 Å². The van der Waals surface area contributed by atoms with Crippen LogP contribution in [0.25, 0.3) is 0 Å². The molecule has 0 amide bonds. The van der Waals surface area contributed by atoms with Gasteiger partial charge in [-0.15, -0.1) is 0 Å². The van der Waals surface area contributed by atoms with Crippen molar-refractivity contribution in [1.29, 1.82) is 0 Å². The molecule has 5 aliphatic carbocycles. The zero-order valence-corrected chi connectivity index (χ0v) is 28.0. The Morgan fingerprint density at radius 2 is 1.59 bits per heavy atom. The zero-order valence-electron chi connectivity index (χ0n) is 28.0. The lowest BCUT2D eigenvalue weighted by Crippen LogP contribution is -2.67. The van der Waals surface area contributed by atoms with Gasteiger partial charge < -0.3 is 14.7 Å². The lowest BCUT2D eigenvalue weighted by Gasteiger charge is -2.72. The van der Waals surface area contributed by atoms with E-state index >= 15 is 0 Å². The summed E-state index contributed by atoms with van der Waals surface area (Å²) in [6.45, 7) is 27.4. The molecule has 0 spiro atoms. The molecule has 41 heavy (non-hydrogen) atoms.